The van der Waals surface area contributed by atoms with Crippen molar-refractivity contribution in [3.63, 3.8) is 0 Å². The number of carbonyl (C=O) groups is 1. The molecule has 0 saturated carbocycles. The van der Waals surface area contributed by atoms with Crippen molar-refractivity contribution in [1.29, 1.82) is 0 Å². The number of rotatable bonds is 4. The van der Waals surface area contributed by atoms with Crippen LogP contribution in [-0.4, -0.2) is 37.2 Å². The molecule has 0 spiro atoms. The van der Waals surface area contributed by atoms with E-state index in [9.17, 15) is 4.79 Å². The molecule has 1 aromatic carbocycles. The lowest BCUT2D eigenvalue weighted by Crippen LogP contribution is -2.41. The number of anilines is 1. The standard InChI is InChI=1S/C20H22N6O/c27-20(26-11-4-2-9-19(26)18-8-1-3-10-22-18)24-17-7-5-6-16(12-17)13-25-15-21-14-23-25/h1,3,5-8,10,12,14-15,19H,2,4,9,11,13H2,(H,24,27). The third kappa shape index (κ3) is 4.13. The summed E-state index contributed by atoms with van der Waals surface area (Å²) in [5.74, 6) is 0. The normalized spacial score (nSPS) is 16.9. The van der Waals surface area contributed by atoms with Crippen molar-refractivity contribution >= 4 is 11.7 Å². The summed E-state index contributed by atoms with van der Waals surface area (Å²) in [5, 5.41) is 7.17. The van der Waals surface area contributed by atoms with E-state index in [0.29, 0.717) is 6.54 Å². The van der Waals surface area contributed by atoms with Crippen LogP contribution in [0.25, 0.3) is 0 Å². The molecule has 1 aliphatic rings. The van der Waals surface area contributed by atoms with Crippen LogP contribution in [0.1, 0.15) is 36.6 Å². The summed E-state index contributed by atoms with van der Waals surface area (Å²) in [6.07, 6.45) is 8.04. The second-order valence-electron chi connectivity index (χ2n) is 6.68. The molecular weight excluding hydrogens is 340 g/mol. The summed E-state index contributed by atoms with van der Waals surface area (Å²) < 4.78 is 1.75. The third-order valence-corrected chi connectivity index (χ3v) is 4.78. The monoisotopic (exact) mass is 362 g/mol. The minimum absolute atomic E-state index is 0.0262. The number of amides is 2. The van der Waals surface area contributed by atoms with E-state index in [4.69, 9.17) is 0 Å². The zero-order chi connectivity index (χ0) is 18.5. The molecule has 27 heavy (non-hydrogen) atoms. The fourth-order valence-electron chi connectivity index (χ4n) is 3.50. The molecule has 0 bridgehead atoms. The molecule has 3 heterocycles. The molecule has 1 saturated heterocycles. The maximum Gasteiger partial charge on any atom is 0.322 e. The van der Waals surface area contributed by atoms with Gasteiger partial charge in [-0.1, -0.05) is 18.2 Å². The Balaban J connectivity index is 1.47. The van der Waals surface area contributed by atoms with Gasteiger partial charge >= 0.3 is 6.03 Å². The Labute approximate surface area is 158 Å². The zero-order valence-electron chi connectivity index (χ0n) is 15.0. The summed E-state index contributed by atoms with van der Waals surface area (Å²) in [5.41, 5.74) is 2.79. The van der Waals surface area contributed by atoms with Gasteiger partial charge in [0.2, 0.25) is 0 Å². The van der Waals surface area contributed by atoms with Crippen molar-refractivity contribution in [1.82, 2.24) is 24.6 Å². The third-order valence-electron chi connectivity index (χ3n) is 4.78. The predicted molar refractivity (Wildman–Crippen MR) is 102 cm³/mol. The molecule has 2 aromatic heterocycles. The molecule has 2 amide bonds. The van der Waals surface area contributed by atoms with Crippen LogP contribution in [0.2, 0.25) is 0 Å². The van der Waals surface area contributed by atoms with E-state index in [0.717, 1.165) is 42.8 Å². The van der Waals surface area contributed by atoms with Crippen LogP contribution in [0.3, 0.4) is 0 Å². The Bertz CT molecular complexity index is 881. The van der Waals surface area contributed by atoms with Gasteiger partial charge < -0.3 is 10.2 Å². The van der Waals surface area contributed by atoms with Gasteiger partial charge in [-0.2, -0.15) is 5.10 Å². The molecule has 3 aromatic rings. The average molecular weight is 362 g/mol. The predicted octanol–water partition coefficient (Wildman–Crippen LogP) is 3.48. The zero-order valence-corrected chi connectivity index (χ0v) is 15.0. The summed E-state index contributed by atoms with van der Waals surface area (Å²) >= 11 is 0. The number of hydrogen-bond donors (Lipinski definition) is 1. The first kappa shape index (κ1) is 17.2. The Kier molecular flexibility index (Phi) is 5.09. The number of pyridine rings is 1. The van der Waals surface area contributed by atoms with Crippen LogP contribution in [-0.2, 0) is 6.54 Å². The quantitative estimate of drug-likeness (QED) is 0.771. The second-order valence-corrected chi connectivity index (χ2v) is 6.68. The number of hydrogen-bond acceptors (Lipinski definition) is 4. The van der Waals surface area contributed by atoms with Gasteiger partial charge in [0.25, 0.3) is 0 Å². The van der Waals surface area contributed by atoms with Crippen LogP contribution in [0, 0.1) is 0 Å². The van der Waals surface area contributed by atoms with Crippen LogP contribution in [0.4, 0.5) is 10.5 Å². The maximum atomic E-state index is 12.9. The molecule has 0 radical (unpaired) electrons. The first-order valence-corrected chi connectivity index (χ1v) is 9.19. The fraction of sp³-hybridized carbons (Fsp3) is 0.300. The number of urea groups is 1. The Morgan fingerprint density at radius 3 is 2.96 bits per heavy atom. The van der Waals surface area contributed by atoms with Crippen molar-refractivity contribution in [2.24, 2.45) is 0 Å². The van der Waals surface area contributed by atoms with E-state index < -0.39 is 0 Å². The molecule has 1 unspecified atom stereocenters. The van der Waals surface area contributed by atoms with Gasteiger partial charge in [0.15, 0.2) is 0 Å². The van der Waals surface area contributed by atoms with Gasteiger partial charge in [-0.05, 0) is 49.1 Å². The van der Waals surface area contributed by atoms with Crippen molar-refractivity contribution in [2.45, 2.75) is 31.8 Å². The summed E-state index contributed by atoms with van der Waals surface area (Å²) in [6.45, 7) is 1.36. The Morgan fingerprint density at radius 1 is 1.19 bits per heavy atom. The fourth-order valence-corrected chi connectivity index (χ4v) is 3.50. The lowest BCUT2D eigenvalue weighted by Gasteiger charge is -2.35. The number of aromatic nitrogens is 4. The molecule has 7 heteroatoms. The summed E-state index contributed by atoms with van der Waals surface area (Å²) in [7, 11) is 0. The Morgan fingerprint density at radius 2 is 2.15 bits per heavy atom. The average Bonchev–Trinajstić information content (AvgIpc) is 3.22. The highest BCUT2D eigenvalue weighted by Crippen LogP contribution is 2.30. The second kappa shape index (κ2) is 7.99. The van der Waals surface area contributed by atoms with Crippen LogP contribution >= 0.6 is 0 Å². The van der Waals surface area contributed by atoms with Crippen molar-refractivity contribution < 1.29 is 4.79 Å². The number of piperidine rings is 1. The van der Waals surface area contributed by atoms with Gasteiger partial charge in [-0.15, -0.1) is 0 Å². The van der Waals surface area contributed by atoms with E-state index in [1.54, 1.807) is 17.2 Å². The molecule has 7 nitrogen and oxygen atoms in total. The molecule has 4 rings (SSSR count). The molecule has 1 atom stereocenters. The van der Waals surface area contributed by atoms with Gasteiger partial charge in [-0.25, -0.2) is 14.5 Å². The number of nitrogens with zero attached hydrogens (tertiary/aromatic N) is 5. The highest BCUT2D eigenvalue weighted by atomic mass is 16.2. The topological polar surface area (TPSA) is 75.9 Å². The van der Waals surface area contributed by atoms with Gasteiger partial charge in [0, 0.05) is 18.4 Å². The SMILES string of the molecule is O=C(Nc1cccc(Cn2cncn2)c1)N1CCCCC1c1ccccn1. The van der Waals surface area contributed by atoms with E-state index in [1.165, 1.54) is 6.33 Å². The first-order chi connectivity index (χ1) is 13.3. The van der Waals surface area contributed by atoms with E-state index in [1.807, 2.05) is 47.4 Å². The minimum atomic E-state index is -0.0803. The van der Waals surface area contributed by atoms with Crippen molar-refractivity contribution in [2.75, 3.05) is 11.9 Å². The summed E-state index contributed by atoms with van der Waals surface area (Å²) in [4.78, 5) is 23.3. The van der Waals surface area contributed by atoms with Crippen molar-refractivity contribution in [3.05, 3.63) is 72.6 Å². The smallest absolute Gasteiger partial charge is 0.316 e. The number of likely N-dealkylation sites (tertiary alicyclic amines) is 1. The van der Waals surface area contributed by atoms with E-state index in [-0.39, 0.29) is 12.1 Å². The van der Waals surface area contributed by atoms with Crippen LogP contribution < -0.4 is 5.32 Å². The summed E-state index contributed by atoms with van der Waals surface area (Å²) in [6, 6.07) is 13.6. The minimum Gasteiger partial charge on any atom is -0.316 e. The van der Waals surface area contributed by atoms with Gasteiger partial charge in [0.1, 0.15) is 12.7 Å². The lowest BCUT2D eigenvalue weighted by molar-refractivity contribution is 0.161. The van der Waals surface area contributed by atoms with E-state index in [2.05, 4.69) is 20.4 Å². The largest absolute Gasteiger partial charge is 0.322 e. The molecule has 138 valence electrons. The lowest BCUT2D eigenvalue weighted by atomic mass is 9.99. The van der Waals surface area contributed by atoms with Crippen LogP contribution in [0.15, 0.2) is 61.3 Å². The highest BCUT2D eigenvalue weighted by molar-refractivity contribution is 5.89. The number of benzene rings is 1. The number of nitrogens with one attached hydrogen (secondary N) is 1. The molecule has 0 aliphatic carbocycles. The molecule has 1 aliphatic heterocycles. The van der Waals surface area contributed by atoms with Gasteiger partial charge in [0.05, 0.1) is 18.3 Å². The Hall–Kier alpha value is -3.22. The van der Waals surface area contributed by atoms with Crippen LogP contribution in [0.5, 0.6) is 0 Å². The van der Waals surface area contributed by atoms with Crippen molar-refractivity contribution in [3.8, 4) is 0 Å². The number of carbonyl (C=O) groups excluding carboxylic acids is 1. The highest BCUT2D eigenvalue weighted by Gasteiger charge is 2.28. The molecule has 1 N–H and O–H groups in total. The molecular formula is C20H22N6O. The molecule has 1 fully saturated rings. The van der Waals surface area contributed by atoms with E-state index >= 15 is 0 Å². The maximum absolute atomic E-state index is 12.9. The van der Waals surface area contributed by atoms with Gasteiger partial charge in [-0.3, -0.25) is 4.98 Å². The first-order valence-electron chi connectivity index (χ1n) is 9.19.